The van der Waals surface area contributed by atoms with Crippen LogP contribution in [0.4, 0.5) is 5.69 Å². The third-order valence-corrected chi connectivity index (χ3v) is 2.82. The van der Waals surface area contributed by atoms with Crippen molar-refractivity contribution in [1.29, 1.82) is 5.26 Å². The molecule has 0 bridgehead atoms. The number of nitriles is 1. The van der Waals surface area contributed by atoms with Gasteiger partial charge in [0.25, 0.3) is 0 Å². The Morgan fingerprint density at radius 3 is 2.16 bits per heavy atom. The third-order valence-electron chi connectivity index (χ3n) is 2.24. The summed E-state index contributed by atoms with van der Waals surface area (Å²) in [6.07, 6.45) is 3.65. The van der Waals surface area contributed by atoms with Gasteiger partial charge in [0.15, 0.2) is 22.9 Å². The van der Waals surface area contributed by atoms with Gasteiger partial charge in [-0.3, -0.25) is 5.32 Å². The summed E-state index contributed by atoms with van der Waals surface area (Å²) in [4.78, 5) is 4.29. The van der Waals surface area contributed by atoms with Crippen LogP contribution in [0.5, 0.6) is 17.2 Å². The number of nitrogens with one attached hydrogen (secondary N) is 1. The Hall–Kier alpha value is -2.07. The van der Waals surface area contributed by atoms with E-state index in [-0.39, 0.29) is 0 Å². The van der Waals surface area contributed by atoms with Gasteiger partial charge >= 0.3 is 0 Å². The van der Waals surface area contributed by atoms with E-state index in [0.717, 1.165) is 0 Å². The van der Waals surface area contributed by atoms with Crippen LogP contribution in [0.25, 0.3) is 0 Å². The number of benzene rings is 1. The van der Waals surface area contributed by atoms with Crippen molar-refractivity contribution < 1.29 is 14.2 Å². The average Bonchev–Trinajstić information content (AvgIpc) is 2.45. The first-order chi connectivity index (χ1) is 9.19. The molecule has 7 heteroatoms. The molecular formula is C12H15N3O3S. The van der Waals surface area contributed by atoms with Crippen LogP contribution in [0.2, 0.25) is 0 Å². The minimum atomic E-state index is 0.483. The molecule has 102 valence electrons. The van der Waals surface area contributed by atoms with Crippen molar-refractivity contribution in [2.75, 3.05) is 27.6 Å². The molecule has 0 fully saturated rings. The summed E-state index contributed by atoms with van der Waals surface area (Å²) >= 11 is 1.33. The first-order valence-electron chi connectivity index (χ1n) is 5.28. The standard InChI is InChI=1S/C12H15N3O3S/c1-16-9-5-8(15-12(19-4)14-7-13)6-10(17-2)11(9)18-3/h5-6H,1-4H3,(H,14,15). The normalized spacial score (nSPS) is 10.6. The molecule has 1 aromatic rings. The highest BCUT2D eigenvalue weighted by molar-refractivity contribution is 8.13. The monoisotopic (exact) mass is 281 g/mol. The Bertz CT molecular complexity index is 486. The quantitative estimate of drug-likeness (QED) is 0.394. The molecule has 0 aromatic heterocycles. The molecule has 6 nitrogen and oxygen atoms in total. The smallest absolute Gasteiger partial charge is 0.203 e. The first-order valence-corrected chi connectivity index (χ1v) is 6.50. The molecule has 0 unspecified atom stereocenters. The fraction of sp³-hybridized carbons (Fsp3) is 0.333. The van der Waals surface area contributed by atoms with E-state index in [0.29, 0.717) is 28.1 Å². The fourth-order valence-corrected chi connectivity index (χ4v) is 1.77. The van der Waals surface area contributed by atoms with Gasteiger partial charge in [0.05, 0.1) is 27.0 Å². The Morgan fingerprint density at radius 1 is 1.21 bits per heavy atom. The molecule has 0 spiro atoms. The molecule has 0 aliphatic heterocycles. The second-order valence-corrected chi connectivity index (χ2v) is 4.04. The molecule has 1 aromatic carbocycles. The van der Waals surface area contributed by atoms with E-state index < -0.39 is 0 Å². The van der Waals surface area contributed by atoms with E-state index in [1.165, 1.54) is 33.1 Å². The van der Waals surface area contributed by atoms with Crippen LogP contribution in [0, 0.1) is 11.5 Å². The van der Waals surface area contributed by atoms with Gasteiger partial charge in [0, 0.05) is 12.1 Å². The minimum Gasteiger partial charge on any atom is -0.493 e. The maximum Gasteiger partial charge on any atom is 0.203 e. The Morgan fingerprint density at radius 2 is 1.79 bits per heavy atom. The van der Waals surface area contributed by atoms with E-state index in [1.54, 1.807) is 12.1 Å². The highest BCUT2D eigenvalue weighted by Gasteiger charge is 2.13. The molecule has 0 amide bonds. The van der Waals surface area contributed by atoms with Crippen LogP contribution in [0.3, 0.4) is 0 Å². The van der Waals surface area contributed by atoms with Gasteiger partial charge in [-0.05, 0) is 6.26 Å². The maximum atomic E-state index is 8.60. The number of hydrogen-bond donors (Lipinski definition) is 1. The predicted molar refractivity (Wildman–Crippen MR) is 75.5 cm³/mol. The zero-order chi connectivity index (χ0) is 14.3. The highest BCUT2D eigenvalue weighted by Crippen LogP contribution is 2.40. The number of rotatable bonds is 4. The molecule has 1 rings (SSSR count). The van der Waals surface area contributed by atoms with Gasteiger partial charge in [-0.2, -0.15) is 5.26 Å². The number of methoxy groups -OCH3 is 3. The lowest BCUT2D eigenvalue weighted by Gasteiger charge is -2.12. The lowest BCUT2D eigenvalue weighted by atomic mass is 10.2. The Labute approximate surface area is 116 Å². The average molecular weight is 281 g/mol. The zero-order valence-corrected chi connectivity index (χ0v) is 12.0. The molecule has 0 aliphatic carbocycles. The fourth-order valence-electron chi connectivity index (χ4n) is 1.42. The molecule has 0 saturated carbocycles. The van der Waals surface area contributed by atoms with Gasteiger partial charge in [-0.1, -0.05) is 11.8 Å². The summed E-state index contributed by atoms with van der Waals surface area (Å²) in [5.41, 5.74) is 0.599. The van der Waals surface area contributed by atoms with Crippen molar-refractivity contribution in [3.05, 3.63) is 12.1 Å². The van der Waals surface area contributed by atoms with Crippen LogP contribution in [-0.2, 0) is 0 Å². The second kappa shape index (κ2) is 7.38. The van der Waals surface area contributed by atoms with Crippen LogP contribution in [-0.4, -0.2) is 32.8 Å². The summed E-state index contributed by atoms with van der Waals surface area (Å²) in [6.45, 7) is 0. The third kappa shape index (κ3) is 3.69. The summed E-state index contributed by atoms with van der Waals surface area (Å²) in [5.74, 6) is 1.53. The van der Waals surface area contributed by atoms with E-state index in [4.69, 9.17) is 19.5 Å². The van der Waals surface area contributed by atoms with E-state index in [1.807, 2.05) is 12.4 Å². The molecule has 0 heterocycles. The highest BCUT2D eigenvalue weighted by atomic mass is 32.2. The Balaban J connectivity index is 3.27. The van der Waals surface area contributed by atoms with E-state index in [9.17, 15) is 0 Å². The number of aliphatic imine (C=N–C) groups is 1. The van der Waals surface area contributed by atoms with Crippen LogP contribution < -0.4 is 19.5 Å². The number of thioether (sulfide) groups is 1. The van der Waals surface area contributed by atoms with Gasteiger partial charge in [0.2, 0.25) is 5.75 Å². The van der Waals surface area contributed by atoms with E-state index >= 15 is 0 Å². The molecule has 0 radical (unpaired) electrons. The molecule has 0 atom stereocenters. The summed E-state index contributed by atoms with van der Waals surface area (Å²) in [6, 6.07) is 3.41. The largest absolute Gasteiger partial charge is 0.493 e. The van der Waals surface area contributed by atoms with Crippen molar-refractivity contribution in [2.24, 2.45) is 4.99 Å². The second-order valence-electron chi connectivity index (χ2n) is 3.24. The van der Waals surface area contributed by atoms with Gasteiger partial charge in [0.1, 0.15) is 0 Å². The number of amidine groups is 1. The molecule has 19 heavy (non-hydrogen) atoms. The minimum absolute atomic E-state index is 0.483. The summed E-state index contributed by atoms with van der Waals surface area (Å²) in [7, 11) is 4.61. The van der Waals surface area contributed by atoms with Crippen LogP contribution >= 0.6 is 11.8 Å². The van der Waals surface area contributed by atoms with Crippen molar-refractivity contribution in [3.8, 4) is 23.4 Å². The van der Waals surface area contributed by atoms with Crippen LogP contribution in [0.1, 0.15) is 0 Å². The van der Waals surface area contributed by atoms with Crippen molar-refractivity contribution in [1.82, 2.24) is 5.32 Å². The summed E-state index contributed by atoms with van der Waals surface area (Å²) in [5, 5.41) is 11.6. The number of hydrogen-bond acceptors (Lipinski definition) is 6. The summed E-state index contributed by atoms with van der Waals surface area (Å²) < 4.78 is 15.7. The van der Waals surface area contributed by atoms with E-state index in [2.05, 4.69) is 10.3 Å². The first kappa shape index (κ1) is 15.0. The molecule has 1 N–H and O–H groups in total. The SMILES string of the molecule is COc1cc(N=C(NC#N)SC)cc(OC)c1OC. The van der Waals surface area contributed by atoms with Gasteiger partial charge in [-0.15, -0.1) is 0 Å². The van der Waals surface area contributed by atoms with Gasteiger partial charge < -0.3 is 14.2 Å². The molecular weight excluding hydrogens is 266 g/mol. The molecule has 0 saturated heterocycles. The topological polar surface area (TPSA) is 75.9 Å². The van der Waals surface area contributed by atoms with Gasteiger partial charge in [-0.25, -0.2) is 4.99 Å². The lowest BCUT2D eigenvalue weighted by Crippen LogP contribution is -2.12. The number of nitrogens with zero attached hydrogens (tertiary/aromatic N) is 2. The lowest BCUT2D eigenvalue weighted by molar-refractivity contribution is 0.324. The predicted octanol–water partition coefficient (Wildman–Crippen LogP) is 2.13. The Kier molecular flexibility index (Phi) is 5.82. The maximum absolute atomic E-state index is 8.60. The molecule has 0 aliphatic rings. The number of ether oxygens (including phenoxy) is 3. The van der Waals surface area contributed by atoms with Crippen LogP contribution in [0.15, 0.2) is 17.1 Å². The van der Waals surface area contributed by atoms with Crippen molar-refractivity contribution in [2.45, 2.75) is 0 Å². The van der Waals surface area contributed by atoms with Crippen molar-refractivity contribution in [3.63, 3.8) is 0 Å². The zero-order valence-electron chi connectivity index (χ0n) is 11.2. The van der Waals surface area contributed by atoms with Crippen molar-refractivity contribution >= 4 is 22.6 Å².